The Labute approximate surface area is 402 Å². The highest BCUT2D eigenvalue weighted by molar-refractivity contribution is 7.89. The van der Waals surface area contributed by atoms with Gasteiger partial charge in [-0.1, -0.05) is 105 Å². The number of piperazine rings is 2. The smallest absolute Gasteiger partial charge is 0.312 e. The van der Waals surface area contributed by atoms with E-state index in [1.54, 1.807) is 34.1 Å². The number of aromatic hydroxyl groups is 1. The van der Waals surface area contributed by atoms with Crippen LogP contribution in [0.5, 0.6) is 5.75 Å². The minimum Gasteiger partial charge on any atom is -0.508 e. The number of carbonyl (C=O) groups excluding carboxylic acids is 4. The molecule has 0 bridgehead atoms. The van der Waals surface area contributed by atoms with Gasteiger partial charge in [0.15, 0.2) is 0 Å². The van der Waals surface area contributed by atoms with Gasteiger partial charge in [0.05, 0.1) is 10.9 Å². The first kappa shape index (κ1) is 48.9. The first-order chi connectivity index (χ1) is 32.9. The molecule has 68 heavy (non-hydrogen) atoms. The molecule has 0 spiro atoms. The molecule has 1 saturated carbocycles. The van der Waals surface area contributed by atoms with Crippen LogP contribution >= 0.6 is 0 Å². The van der Waals surface area contributed by atoms with E-state index >= 15 is 0 Å². The fourth-order valence-electron chi connectivity index (χ4n) is 11.2. The molecule has 0 radical (unpaired) electrons. The van der Waals surface area contributed by atoms with Gasteiger partial charge in [0.1, 0.15) is 5.75 Å². The van der Waals surface area contributed by atoms with Crippen LogP contribution in [0.3, 0.4) is 0 Å². The summed E-state index contributed by atoms with van der Waals surface area (Å²) >= 11 is 0. The van der Waals surface area contributed by atoms with E-state index in [0.717, 1.165) is 73.7 Å². The van der Waals surface area contributed by atoms with Crippen molar-refractivity contribution in [2.45, 2.75) is 113 Å². The van der Waals surface area contributed by atoms with Crippen molar-refractivity contribution in [3.63, 3.8) is 0 Å². The molecular weight excluding hydrogens is 879 g/mol. The second-order valence-electron chi connectivity index (χ2n) is 19.6. The van der Waals surface area contributed by atoms with E-state index in [4.69, 9.17) is 0 Å². The minimum absolute atomic E-state index is 0.0347. The summed E-state index contributed by atoms with van der Waals surface area (Å²) in [7, 11) is 0.0603. The number of hydrogen-bond acceptors (Lipinski definition) is 9. The molecule has 8 rings (SSSR count). The number of sulfonamides is 1. The van der Waals surface area contributed by atoms with Gasteiger partial charge in [0.2, 0.25) is 10.0 Å². The Balaban J connectivity index is 0.942. The van der Waals surface area contributed by atoms with Crippen molar-refractivity contribution in [2.24, 2.45) is 5.92 Å². The molecule has 4 aromatic rings. The van der Waals surface area contributed by atoms with Crippen LogP contribution in [0.25, 0.3) is 10.8 Å². The quantitative estimate of drug-likeness (QED) is 0.0744. The number of unbranched alkanes of at least 4 members (excludes halogenated alkanes) is 1. The number of anilines is 1. The monoisotopic (exact) mass is 947 g/mol. The Bertz CT molecular complexity index is 2500. The number of nitrogens with one attached hydrogen (secondary N) is 2. The van der Waals surface area contributed by atoms with E-state index in [2.05, 4.69) is 14.9 Å². The van der Waals surface area contributed by atoms with Crippen LogP contribution in [-0.4, -0.2) is 141 Å². The first-order valence-electron chi connectivity index (χ1n) is 24.8. The number of fused-ring (bicyclic) bond motifs is 1. The van der Waals surface area contributed by atoms with E-state index in [-0.39, 0.29) is 41.4 Å². The molecule has 4 unspecified atom stereocenters. The van der Waals surface area contributed by atoms with Gasteiger partial charge in [-0.2, -0.15) is 0 Å². The van der Waals surface area contributed by atoms with Crippen molar-refractivity contribution in [2.75, 3.05) is 64.8 Å². The normalized spacial score (nSPS) is 21.4. The van der Waals surface area contributed by atoms with Crippen molar-refractivity contribution in [3.05, 3.63) is 102 Å². The number of rotatable bonds is 20. The Morgan fingerprint density at radius 1 is 0.750 bits per heavy atom. The van der Waals surface area contributed by atoms with E-state index in [0.29, 0.717) is 76.1 Å². The fourth-order valence-corrected chi connectivity index (χ4v) is 12.5. The summed E-state index contributed by atoms with van der Waals surface area (Å²) in [4.78, 5) is 65.3. The van der Waals surface area contributed by atoms with Crippen molar-refractivity contribution < 1.29 is 32.7 Å². The molecule has 0 aromatic heterocycles. The Kier molecular flexibility index (Phi) is 16.0. The average Bonchev–Trinajstić information content (AvgIpc) is 3.78. The minimum atomic E-state index is -3.80. The maximum absolute atomic E-state index is 14.5. The van der Waals surface area contributed by atoms with Gasteiger partial charge < -0.3 is 30.0 Å². The van der Waals surface area contributed by atoms with Crippen LogP contribution in [-0.2, 0) is 42.0 Å². The predicted octanol–water partition coefficient (Wildman–Crippen LogP) is 5.72. The van der Waals surface area contributed by atoms with Crippen molar-refractivity contribution in [3.8, 4) is 5.75 Å². The summed E-state index contributed by atoms with van der Waals surface area (Å²) in [6, 6.07) is 27.3. The third-order valence-electron chi connectivity index (χ3n) is 14.8. The number of likely N-dealkylation sites (tertiary alicyclic amines) is 1. The molecule has 3 saturated heterocycles. The molecule has 3 aliphatic heterocycles. The number of phenolic OH excluding ortho intramolecular Hbond substituents is 1. The third kappa shape index (κ3) is 11.7. The first-order valence-corrected chi connectivity index (χ1v) is 26.3. The number of benzene rings is 4. The summed E-state index contributed by atoms with van der Waals surface area (Å²) < 4.78 is 30.0. The summed E-state index contributed by atoms with van der Waals surface area (Å²) in [5.41, 5.74) is 3.01. The molecule has 4 amide bonds. The van der Waals surface area contributed by atoms with Crippen LogP contribution in [0, 0.1) is 5.92 Å². The summed E-state index contributed by atoms with van der Waals surface area (Å²) in [6.45, 7) is 3.11. The second-order valence-corrected chi connectivity index (χ2v) is 21.4. The molecule has 4 aromatic carbocycles. The van der Waals surface area contributed by atoms with Gasteiger partial charge in [-0.05, 0) is 92.8 Å². The average molecular weight is 948 g/mol. The SMILES string of the molecule is CN(C)c1cccc2c(S(=O)(=O)NCCCCC3CNC(=O)C(=O)N3CC3CCCN3CC(CC3CCCCC3)N3CC(Cc4ccc(O)cc4)N(CCc4ccccc4)C(=O)C3=O)cccc12. The summed E-state index contributed by atoms with van der Waals surface area (Å²) in [5, 5.41) is 14.4. The van der Waals surface area contributed by atoms with Crippen LogP contribution in [0.2, 0.25) is 0 Å². The van der Waals surface area contributed by atoms with Crippen molar-refractivity contribution in [1.29, 1.82) is 0 Å². The van der Waals surface area contributed by atoms with Gasteiger partial charge in [-0.25, -0.2) is 13.1 Å². The molecule has 15 heteroatoms. The summed E-state index contributed by atoms with van der Waals surface area (Å²) in [6.07, 6.45) is 11.2. The highest BCUT2D eigenvalue weighted by atomic mass is 32.2. The zero-order chi connectivity index (χ0) is 47.8. The lowest BCUT2D eigenvalue weighted by molar-refractivity contribution is -0.161. The van der Waals surface area contributed by atoms with E-state index in [1.165, 1.54) is 6.42 Å². The lowest BCUT2D eigenvalue weighted by atomic mass is 9.84. The Morgan fingerprint density at radius 2 is 1.50 bits per heavy atom. The molecule has 4 fully saturated rings. The standard InChI is InChI=1S/C53H69N7O7S/c1-56(2)48-22-11-21-47-46(48)20-12-23-49(47)68(66,67)55-29-10-9-18-41-34-54-50(62)51(63)59(41)36-42-19-13-30-57(42)35-43(32-39-16-7-4-8-17-39)60-37-44(33-40-24-26-45(61)27-25-40)58(52(64)53(60)65)31-28-38-14-5-3-6-15-38/h3,5-6,11-12,14-15,20-27,39,41-44,55,61H,4,7-10,13,16-19,28-37H2,1-2H3,(H,54,62). The zero-order valence-corrected chi connectivity index (χ0v) is 40.5. The fraction of sp³-hybridized carbons (Fsp3) is 0.509. The van der Waals surface area contributed by atoms with Crippen LogP contribution in [0.4, 0.5) is 5.69 Å². The highest BCUT2D eigenvalue weighted by Crippen LogP contribution is 2.33. The molecule has 3 heterocycles. The number of carbonyl (C=O) groups is 4. The van der Waals surface area contributed by atoms with E-state index in [9.17, 15) is 32.7 Å². The van der Waals surface area contributed by atoms with E-state index < -0.39 is 33.7 Å². The van der Waals surface area contributed by atoms with Crippen LogP contribution in [0.1, 0.15) is 81.8 Å². The number of nitrogens with zero attached hydrogens (tertiary/aromatic N) is 5. The Hall–Kier alpha value is -5.51. The van der Waals surface area contributed by atoms with Crippen LogP contribution in [0.15, 0.2) is 95.9 Å². The predicted molar refractivity (Wildman–Crippen MR) is 265 cm³/mol. The topological polar surface area (TPSA) is 163 Å². The van der Waals surface area contributed by atoms with Gasteiger partial charge >= 0.3 is 23.6 Å². The number of phenols is 1. The molecule has 364 valence electrons. The van der Waals surface area contributed by atoms with Gasteiger partial charge in [-0.15, -0.1) is 0 Å². The lowest BCUT2D eigenvalue weighted by Crippen LogP contribution is -2.64. The highest BCUT2D eigenvalue weighted by Gasteiger charge is 2.44. The summed E-state index contributed by atoms with van der Waals surface area (Å²) in [5.74, 6) is -1.49. The third-order valence-corrected chi connectivity index (χ3v) is 16.4. The molecule has 3 N–H and O–H groups in total. The molecule has 1 aliphatic carbocycles. The number of amides is 4. The maximum atomic E-state index is 14.5. The molecule has 4 aliphatic rings. The zero-order valence-electron chi connectivity index (χ0n) is 39.7. The van der Waals surface area contributed by atoms with E-state index in [1.807, 2.05) is 90.6 Å². The van der Waals surface area contributed by atoms with Gasteiger partial charge in [0, 0.05) is 87.9 Å². The lowest BCUT2D eigenvalue weighted by Gasteiger charge is -2.46. The molecular formula is C53H69N7O7S. The van der Waals surface area contributed by atoms with Crippen molar-refractivity contribution >= 4 is 50.1 Å². The van der Waals surface area contributed by atoms with Gasteiger partial charge in [-0.3, -0.25) is 24.1 Å². The maximum Gasteiger partial charge on any atom is 0.312 e. The second kappa shape index (κ2) is 22.3. The van der Waals surface area contributed by atoms with Crippen LogP contribution < -0.4 is 14.9 Å². The number of hydrogen-bond donors (Lipinski definition) is 3. The van der Waals surface area contributed by atoms with Gasteiger partial charge in [0.25, 0.3) is 0 Å². The molecule has 4 atom stereocenters. The molecule has 14 nitrogen and oxygen atoms in total. The van der Waals surface area contributed by atoms with Crippen molar-refractivity contribution in [1.82, 2.24) is 29.6 Å². The largest absolute Gasteiger partial charge is 0.508 e. The Morgan fingerprint density at radius 3 is 2.26 bits per heavy atom.